The van der Waals surface area contributed by atoms with Gasteiger partial charge in [-0.1, -0.05) is 12.1 Å². The van der Waals surface area contributed by atoms with E-state index in [1.54, 1.807) is 30.0 Å². The maximum absolute atomic E-state index is 14.0. The molecule has 132 valence electrons. The van der Waals surface area contributed by atoms with Crippen molar-refractivity contribution < 1.29 is 14.0 Å². The molecular formula is C18H21FN4O2. The Hall–Kier alpha value is -2.70. The van der Waals surface area contributed by atoms with Crippen LogP contribution in [0.3, 0.4) is 0 Å². The molecule has 0 saturated carbocycles. The standard InChI is InChI=1S/C18H21FN4O2/c1-12-14(11-21-23(12)16-5-3-2-4-15(16)19)18(25)22-8-6-13(7-9-22)10-17(20)24/h2-5,11,13H,6-10H2,1H3,(H2,20,24). The Bertz CT molecular complexity index is 794. The third-order valence-corrected chi connectivity index (χ3v) is 4.71. The number of halogens is 1. The van der Waals surface area contributed by atoms with Gasteiger partial charge >= 0.3 is 0 Å². The number of amides is 2. The van der Waals surface area contributed by atoms with E-state index < -0.39 is 0 Å². The first kappa shape index (κ1) is 17.1. The molecule has 0 bridgehead atoms. The second-order valence-corrected chi connectivity index (χ2v) is 6.41. The summed E-state index contributed by atoms with van der Waals surface area (Å²) in [7, 11) is 0. The molecule has 1 saturated heterocycles. The summed E-state index contributed by atoms with van der Waals surface area (Å²) in [5, 5.41) is 4.19. The summed E-state index contributed by atoms with van der Waals surface area (Å²) in [6, 6.07) is 6.32. The lowest BCUT2D eigenvalue weighted by atomic mass is 9.93. The normalized spacial score (nSPS) is 15.4. The van der Waals surface area contributed by atoms with Crippen molar-refractivity contribution in [2.24, 2.45) is 11.7 Å². The number of hydrogen-bond acceptors (Lipinski definition) is 3. The Labute approximate surface area is 145 Å². The fourth-order valence-electron chi connectivity index (χ4n) is 3.28. The largest absolute Gasteiger partial charge is 0.370 e. The molecule has 25 heavy (non-hydrogen) atoms. The van der Waals surface area contributed by atoms with Gasteiger partial charge < -0.3 is 10.6 Å². The second-order valence-electron chi connectivity index (χ2n) is 6.41. The summed E-state index contributed by atoms with van der Waals surface area (Å²) in [4.78, 5) is 25.5. The number of para-hydroxylation sites is 1. The zero-order chi connectivity index (χ0) is 18.0. The predicted molar refractivity (Wildman–Crippen MR) is 90.7 cm³/mol. The van der Waals surface area contributed by atoms with Crippen molar-refractivity contribution >= 4 is 11.8 Å². The van der Waals surface area contributed by atoms with E-state index in [0.717, 1.165) is 12.8 Å². The van der Waals surface area contributed by atoms with Crippen LogP contribution in [-0.4, -0.2) is 39.6 Å². The van der Waals surface area contributed by atoms with Gasteiger partial charge in [-0.2, -0.15) is 5.10 Å². The smallest absolute Gasteiger partial charge is 0.257 e. The molecule has 2 aromatic rings. The molecule has 1 aromatic heterocycles. The van der Waals surface area contributed by atoms with Crippen molar-refractivity contribution in [1.82, 2.24) is 14.7 Å². The van der Waals surface area contributed by atoms with Crippen molar-refractivity contribution in [3.8, 4) is 5.69 Å². The van der Waals surface area contributed by atoms with E-state index in [4.69, 9.17) is 5.73 Å². The van der Waals surface area contributed by atoms with Crippen LogP contribution in [0.4, 0.5) is 4.39 Å². The van der Waals surface area contributed by atoms with Crippen molar-refractivity contribution in [1.29, 1.82) is 0 Å². The van der Waals surface area contributed by atoms with Crippen molar-refractivity contribution in [2.75, 3.05) is 13.1 Å². The zero-order valence-corrected chi connectivity index (χ0v) is 14.1. The lowest BCUT2D eigenvalue weighted by Gasteiger charge is -2.31. The van der Waals surface area contributed by atoms with Gasteiger partial charge in [-0.25, -0.2) is 9.07 Å². The summed E-state index contributed by atoms with van der Waals surface area (Å²) in [6.07, 6.45) is 3.37. The number of carbonyl (C=O) groups is 2. The van der Waals surface area contributed by atoms with Crippen LogP contribution >= 0.6 is 0 Å². The van der Waals surface area contributed by atoms with Gasteiger partial charge in [-0.05, 0) is 37.8 Å². The molecule has 1 aliphatic heterocycles. The van der Waals surface area contributed by atoms with Gasteiger partial charge in [-0.3, -0.25) is 9.59 Å². The Morgan fingerprint density at radius 1 is 1.28 bits per heavy atom. The molecule has 0 aliphatic carbocycles. The second kappa shape index (κ2) is 7.04. The maximum atomic E-state index is 14.0. The Balaban J connectivity index is 1.74. The first-order valence-corrected chi connectivity index (χ1v) is 8.34. The number of hydrogen-bond donors (Lipinski definition) is 1. The van der Waals surface area contributed by atoms with Crippen LogP contribution < -0.4 is 5.73 Å². The molecule has 3 rings (SSSR count). The molecule has 1 aromatic carbocycles. The molecule has 0 atom stereocenters. The van der Waals surface area contributed by atoms with Gasteiger partial charge in [0.1, 0.15) is 11.5 Å². The molecule has 2 amide bonds. The molecule has 2 N–H and O–H groups in total. The first-order chi connectivity index (χ1) is 12.0. The Morgan fingerprint density at radius 3 is 2.60 bits per heavy atom. The lowest BCUT2D eigenvalue weighted by Crippen LogP contribution is -2.39. The topological polar surface area (TPSA) is 81.2 Å². The molecule has 1 fully saturated rings. The third kappa shape index (κ3) is 3.55. The molecule has 7 heteroatoms. The Kier molecular flexibility index (Phi) is 4.83. The van der Waals surface area contributed by atoms with E-state index >= 15 is 0 Å². The summed E-state index contributed by atoms with van der Waals surface area (Å²) < 4.78 is 15.4. The van der Waals surface area contributed by atoms with Gasteiger partial charge in [0.25, 0.3) is 5.91 Å². The molecule has 0 unspecified atom stereocenters. The number of carbonyl (C=O) groups excluding carboxylic acids is 2. The minimum atomic E-state index is -0.389. The van der Waals surface area contributed by atoms with Crippen LogP contribution in [-0.2, 0) is 4.79 Å². The van der Waals surface area contributed by atoms with Gasteiger partial charge in [0.15, 0.2) is 0 Å². The SMILES string of the molecule is Cc1c(C(=O)N2CCC(CC(N)=O)CC2)cnn1-c1ccccc1F. The fourth-order valence-corrected chi connectivity index (χ4v) is 3.28. The number of primary amides is 1. The highest BCUT2D eigenvalue weighted by molar-refractivity contribution is 5.95. The van der Waals surface area contributed by atoms with Crippen LogP contribution in [0.1, 0.15) is 35.3 Å². The average Bonchev–Trinajstić information content (AvgIpc) is 2.96. The predicted octanol–water partition coefficient (Wildman–Crippen LogP) is 2.05. The van der Waals surface area contributed by atoms with Crippen LogP contribution in [0, 0.1) is 18.7 Å². The number of benzene rings is 1. The number of piperidine rings is 1. The quantitative estimate of drug-likeness (QED) is 0.922. The number of nitrogens with two attached hydrogens (primary N) is 1. The third-order valence-electron chi connectivity index (χ3n) is 4.71. The Morgan fingerprint density at radius 2 is 1.96 bits per heavy atom. The van der Waals surface area contributed by atoms with Gasteiger partial charge in [-0.15, -0.1) is 0 Å². The number of aromatic nitrogens is 2. The highest BCUT2D eigenvalue weighted by Crippen LogP contribution is 2.23. The molecule has 1 aliphatic rings. The van der Waals surface area contributed by atoms with Crippen molar-refractivity contribution in [2.45, 2.75) is 26.2 Å². The zero-order valence-electron chi connectivity index (χ0n) is 14.1. The van der Waals surface area contributed by atoms with Crippen LogP contribution in [0.15, 0.2) is 30.5 Å². The first-order valence-electron chi connectivity index (χ1n) is 8.34. The molecule has 2 heterocycles. The van der Waals surface area contributed by atoms with Crippen LogP contribution in [0.25, 0.3) is 5.69 Å². The van der Waals surface area contributed by atoms with E-state index in [9.17, 15) is 14.0 Å². The van der Waals surface area contributed by atoms with Gasteiger partial charge in [0.2, 0.25) is 5.91 Å². The van der Waals surface area contributed by atoms with E-state index in [-0.39, 0.29) is 23.5 Å². The number of rotatable bonds is 4. The average molecular weight is 344 g/mol. The monoisotopic (exact) mass is 344 g/mol. The van der Waals surface area contributed by atoms with E-state index in [1.807, 2.05) is 0 Å². The number of nitrogens with zero attached hydrogens (tertiary/aromatic N) is 3. The number of likely N-dealkylation sites (tertiary alicyclic amines) is 1. The molecule has 0 spiro atoms. The molecular weight excluding hydrogens is 323 g/mol. The van der Waals surface area contributed by atoms with E-state index in [2.05, 4.69) is 5.10 Å². The van der Waals surface area contributed by atoms with Crippen molar-refractivity contribution in [3.63, 3.8) is 0 Å². The minimum absolute atomic E-state index is 0.113. The van der Waals surface area contributed by atoms with Crippen LogP contribution in [0.2, 0.25) is 0 Å². The van der Waals surface area contributed by atoms with Crippen LogP contribution in [0.5, 0.6) is 0 Å². The summed E-state index contributed by atoms with van der Waals surface area (Å²) in [6.45, 7) is 2.93. The fraction of sp³-hybridized carbons (Fsp3) is 0.389. The van der Waals surface area contributed by atoms with Gasteiger partial charge in [0.05, 0.1) is 17.5 Å². The highest BCUT2D eigenvalue weighted by atomic mass is 19.1. The summed E-state index contributed by atoms with van der Waals surface area (Å²) in [5.74, 6) is -0.562. The van der Waals surface area contributed by atoms with E-state index in [1.165, 1.54) is 16.9 Å². The van der Waals surface area contributed by atoms with Gasteiger partial charge in [0, 0.05) is 19.5 Å². The molecule has 0 radical (unpaired) electrons. The lowest BCUT2D eigenvalue weighted by molar-refractivity contribution is -0.119. The summed E-state index contributed by atoms with van der Waals surface area (Å²) in [5.41, 5.74) is 6.63. The minimum Gasteiger partial charge on any atom is -0.370 e. The van der Waals surface area contributed by atoms with Crippen molar-refractivity contribution in [3.05, 3.63) is 47.5 Å². The summed E-state index contributed by atoms with van der Waals surface area (Å²) >= 11 is 0. The van der Waals surface area contributed by atoms with E-state index in [0.29, 0.717) is 36.5 Å². The molecule has 6 nitrogen and oxygen atoms in total. The maximum Gasteiger partial charge on any atom is 0.257 e. The highest BCUT2D eigenvalue weighted by Gasteiger charge is 2.27.